The van der Waals surface area contributed by atoms with Gasteiger partial charge in [-0.2, -0.15) is 0 Å². The van der Waals surface area contributed by atoms with Crippen LogP contribution in [0.2, 0.25) is 0 Å². The van der Waals surface area contributed by atoms with Crippen LogP contribution >= 0.6 is 23.2 Å². The molecule has 1 aromatic rings. The summed E-state index contributed by atoms with van der Waals surface area (Å²) in [6.07, 6.45) is 0. The second-order valence-corrected chi connectivity index (χ2v) is 5.50. The van der Waals surface area contributed by atoms with Crippen LogP contribution < -0.4 is 9.47 Å². The van der Waals surface area contributed by atoms with E-state index < -0.39 is 4.33 Å². The first kappa shape index (κ1) is 11.9. The van der Waals surface area contributed by atoms with Gasteiger partial charge in [-0.1, -0.05) is 13.0 Å². The van der Waals surface area contributed by atoms with E-state index in [1.807, 2.05) is 25.1 Å². The second-order valence-electron chi connectivity index (χ2n) is 4.06. The minimum absolute atomic E-state index is 0.177. The van der Waals surface area contributed by atoms with Gasteiger partial charge < -0.3 is 9.47 Å². The topological polar surface area (TPSA) is 18.5 Å². The van der Waals surface area contributed by atoms with Gasteiger partial charge in [-0.15, -0.1) is 23.2 Å². The molecule has 88 valence electrons. The SMILES string of the molecule is COc1ccc([C@H]2[C@H](C)C2(Cl)Cl)cc1OC. The molecule has 0 radical (unpaired) electrons. The zero-order valence-electron chi connectivity index (χ0n) is 9.46. The molecule has 2 rings (SSSR count). The Morgan fingerprint density at radius 3 is 2.12 bits per heavy atom. The molecule has 0 saturated heterocycles. The van der Waals surface area contributed by atoms with Gasteiger partial charge in [-0.25, -0.2) is 0 Å². The van der Waals surface area contributed by atoms with Crippen LogP contribution in [0.3, 0.4) is 0 Å². The molecule has 0 spiro atoms. The fourth-order valence-corrected chi connectivity index (χ4v) is 2.79. The molecular weight excluding hydrogens is 247 g/mol. The van der Waals surface area contributed by atoms with E-state index >= 15 is 0 Å². The molecule has 2 atom stereocenters. The predicted octanol–water partition coefficient (Wildman–Crippen LogP) is 3.61. The Labute approximate surface area is 105 Å². The standard InChI is InChI=1S/C12H14Cl2O2/c1-7-11(12(7,13)14)8-4-5-9(15-2)10(6-8)16-3/h4-7,11H,1-3H3/t7-,11+/m0/s1. The molecular formula is C12H14Cl2O2. The molecule has 1 aliphatic carbocycles. The van der Waals surface area contributed by atoms with Crippen molar-refractivity contribution in [3.63, 3.8) is 0 Å². The molecule has 0 unspecified atom stereocenters. The van der Waals surface area contributed by atoms with E-state index in [0.29, 0.717) is 11.5 Å². The van der Waals surface area contributed by atoms with Crippen molar-refractivity contribution < 1.29 is 9.47 Å². The summed E-state index contributed by atoms with van der Waals surface area (Å²) in [6.45, 7) is 2.04. The van der Waals surface area contributed by atoms with Crippen molar-refractivity contribution in [1.82, 2.24) is 0 Å². The summed E-state index contributed by atoms with van der Waals surface area (Å²) in [7, 11) is 3.23. The highest BCUT2D eigenvalue weighted by atomic mass is 35.5. The van der Waals surface area contributed by atoms with Gasteiger partial charge in [-0.05, 0) is 23.6 Å². The molecule has 1 saturated carbocycles. The Balaban J connectivity index is 2.31. The lowest BCUT2D eigenvalue weighted by Crippen LogP contribution is -1.94. The average molecular weight is 261 g/mol. The smallest absolute Gasteiger partial charge is 0.160 e. The number of hydrogen-bond acceptors (Lipinski definition) is 2. The molecule has 0 amide bonds. The van der Waals surface area contributed by atoms with Crippen molar-refractivity contribution in [3.8, 4) is 11.5 Å². The molecule has 1 aliphatic rings. The first-order valence-corrected chi connectivity index (χ1v) is 5.87. The van der Waals surface area contributed by atoms with Crippen LogP contribution in [-0.2, 0) is 0 Å². The summed E-state index contributed by atoms with van der Waals surface area (Å²) in [5.41, 5.74) is 1.09. The third kappa shape index (κ3) is 1.74. The number of alkyl halides is 2. The number of benzene rings is 1. The van der Waals surface area contributed by atoms with Gasteiger partial charge in [-0.3, -0.25) is 0 Å². The molecule has 2 nitrogen and oxygen atoms in total. The lowest BCUT2D eigenvalue weighted by molar-refractivity contribution is 0.354. The Morgan fingerprint density at radius 1 is 1.12 bits per heavy atom. The Hall–Kier alpha value is -0.600. The molecule has 0 aromatic heterocycles. The van der Waals surface area contributed by atoms with E-state index in [9.17, 15) is 0 Å². The van der Waals surface area contributed by atoms with E-state index in [1.165, 1.54) is 0 Å². The number of rotatable bonds is 3. The Bertz CT molecular complexity index is 404. The summed E-state index contributed by atoms with van der Waals surface area (Å²) in [5.74, 6) is 1.88. The molecule has 0 aliphatic heterocycles. The summed E-state index contributed by atoms with van der Waals surface area (Å²) >= 11 is 12.3. The average Bonchev–Trinajstić information content (AvgIpc) is 2.77. The van der Waals surface area contributed by atoms with Crippen LogP contribution in [0, 0.1) is 5.92 Å². The van der Waals surface area contributed by atoms with Crippen molar-refractivity contribution in [1.29, 1.82) is 0 Å². The molecule has 0 N–H and O–H groups in total. The predicted molar refractivity (Wildman–Crippen MR) is 65.9 cm³/mol. The highest BCUT2D eigenvalue weighted by Gasteiger charge is 2.60. The molecule has 1 aromatic carbocycles. The van der Waals surface area contributed by atoms with Crippen LogP contribution in [0.25, 0.3) is 0 Å². The normalized spacial score (nSPS) is 26.3. The van der Waals surface area contributed by atoms with Crippen molar-refractivity contribution in [2.75, 3.05) is 14.2 Å². The van der Waals surface area contributed by atoms with Crippen molar-refractivity contribution in [2.24, 2.45) is 5.92 Å². The first-order chi connectivity index (χ1) is 7.52. The minimum atomic E-state index is -0.639. The highest BCUT2D eigenvalue weighted by Crippen LogP contribution is 2.65. The fourth-order valence-electron chi connectivity index (χ4n) is 2.04. The van der Waals surface area contributed by atoms with Gasteiger partial charge in [0.25, 0.3) is 0 Å². The third-order valence-electron chi connectivity index (χ3n) is 3.18. The van der Waals surface area contributed by atoms with Gasteiger partial charge in [0.1, 0.15) is 4.33 Å². The lowest BCUT2D eigenvalue weighted by Gasteiger charge is -2.09. The summed E-state index contributed by atoms with van der Waals surface area (Å²) in [6, 6.07) is 5.80. The summed E-state index contributed by atoms with van der Waals surface area (Å²) in [4.78, 5) is 0. The quantitative estimate of drug-likeness (QED) is 0.774. The van der Waals surface area contributed by atoms with Gasteiger partial charge in [0.15, 0.2) is 11.5 Å². The number of ether oxygens (including phenoxy) is 2. The third-order valence-corrected chi connectivity index (χ3v) is 4.34. The molecule has 0 bridgehead atoms. The Kier molecular flexibility index (Phi) is 2.97. The van der Waals surface area contributed by atoms with Crippen LogP contribution in [0.4, 0.5) is 0 Å². The number of methoxy groups -OCH3 is 2. The van der Waals surface area contributed by atoms with E-state index in [2.05, 4.69) is 0 Å². The fraction of sp³-hybridized carbons (Fsp3) is 0.500. The zero-order valence-corrected chi connectivity index (χ0v) is 11.0. The maximum atomic E-state index is 6.15. The van der Waals surface area contributed by atoms with Crippen LogP contribution in [0.1, 0.15) is 18.4 Å². The molecule has 1 fully saturated rings. The van der Waals surface area contributed by atoms with Crippen molar-refractivity contribution >= 4 is 23.2 Å². The maximum absolute atomic E-state index is 6.15. The summed E-state index contributed by atoms with van der Waals surface area (Å²) < 4.78 is 9.79. The largest absolute Gasteiger partial charge is 0.493 e. The van der Waals surface area contributed by atoms with Crippen molar-refractivity contribution in [3.05, 3.63) is 23.8 Å². The van der Waals surface area contributed by atoms with Crippen LogP contribution in [0.15, 0.2) is 18.2 Å². The molecule has 16 heavy (non-hydrogen) atoms. The molecule has 4 heteroatoms. The zero-order chi connectivity index (χ0) is 11.9. The molecule has 0 heterocycles. The van der Waals surface area contributed by atoms with Gasteiger partial charge >= 0.3 is 0 Å². The van der Waals surface area contributed by atoms with Crippen LogP contribution in [-0.4, -0.2) is 18.6 Å². The van der Waals surface area contributed by atoms with Gasteiger partial charge in [0.05, 0.1) is 14.2 Å². The summed E-state index contributed by atoms with van der Waals surface area (Å²) in [5, 5.41) is 0. The van der Waals surface area contributed by atoms with Crippen molar-refractivity contribution in [2.45, 2.75) is 17.2 Å². The number of halogens is 2. The minimum Gasteiger partial charge on any atom is -0.493 e. The lowest BCUT2D eigenvalue weighted by atomic mass is 10.1. The highest BCUT2D eigenvalue weighted by molar-refractivity contribution is 6.51. The van der Waals surface area contributed by atoms with E-state index in [1.54, 1.807) is 14.2 Å². The second kappa shape index (κ2) is 4.01. The maximum Gasteiger partial charge on any atom is 0.160 e. The monoisotopic (exact) mass is 260 g/mol. The Morgan fingerprint density at radius 2 is 1.69 bits per heavy atom. The van der Waals surface area contributed by atoms with E-state index in [0.717, 1.165) is 5.56 Å². The number of hydrogen-bond donors (Lipinski definition) is 0. The van der Waals surface area contributed by atoms with Crippen LogP contribution in [0.5, 0.6) is 11.5 Å². The van der Waals surface area contributed by atoms with Gasteiger partial charge in [0, 0.05) is 5.92 Å². The van der Waals surface area contributed by atoms with E-state index in [4.69, 9.17) is 32.7 Å². The van der Waals surface area contributed by atoms with Gasteiger partial charge in [0.2, 0.25) is 0 Å². The van der Waals surface area contributed by atoms with E-state index in [-0.39, 0.29) is 11.8 Å². The first-order valence-electron chi connectivity index (χ1n) is 5.12.